The van der Waals surface area contributed by atoms with E-state index in [1.807, 2.05) is 25.1 Å². The van der Waals surface area contributed by atoms with Crippen LogP contribution in [0.25, 0.3) is 0 Å². The van der Waals surface area contributed by atoms with Crippen LogP contribution in [0.5, 0.6) is 23.0 Å². The van der Waals surface area contributed by atoms with Gasteiger partial charge in [0.2, 0.25) is 12.7 Å². The van der Waals surface area contributed by atoms with Gasteiger partial charge in [-0.3, -0.25) is 14.5 Å². The van der Waals surface area contributed by atoms with Crippen LogP contribution in [-0.2, 0) is 16.0 Å². The number of rotatable bonds is 6. The van der Waals surface area contributed by atoms with Crippen LogP contribution in [0.15, 0.2) is 36.4 Å². The van der Waals surface area contributed by atoms with Crippen molar-refractivity contribution in [3.63, 3.8) is 0 Å². The Morgan fingerprint density at radius 3 is 2.53 bits per heavy atom. The molecule has 3 aliphatic rings. The molecule has 2 unspecified atom stereocenters. The van der Waals surface area contributed by atoms with Crippen molar-refractivity contribution < 1.29 is 33.3 Å². The first-order valence-corrected chi connectivity index (χ1v) is 11.0. The van der Waals surface area contributed by atoms with Crippen molar-refractivity contribution in [2.45, 2.75) is 31.8 Å². The highest BCUT2D eigenvalue weighted by Gasteiger charge is 2.48. The lowest BCUT2D eigenvalue weighted by molar-refractivity contribution is -0.134. The summed E-state index contributed by atoms with van der Waals surface area (Å²) >= 11 is 0. The SMILES string of the molecule is CC(NC(=O)CN1C(=O)NC(C)(Cc2ccc3c(c2)OCO3)C1=O)c1ccc2c(c1)OCCO2. The van der Waals surface area contributed by atoms with E-state index in [1.54, 1.807) is 25.1 Å². The summed E-state index contributed by atoms with van der Waals surface area (Å²) < 4.78 is 21.8. The Balaban J connectivity index is 1.22. The lowest BCUT2D eigenvalue weighted by Crippen LogP contribution is -2.47. The number of benzene rings is 2. The average Bonchev–Trinajstić information content (AvgIpc) is 3.36. The minimum absolute atomic E-state index is 0.152. The molecule has 10 nitrogen and oxygen atoms in total. The summed E-state index contributed by atoms with van der Waals surface area (Å²) in [6, 6.07) is 9.88. The Hall–Kier alpha value is -3.95. The monoisotopic (exact) mass is 467 g/mol. The second-order valence-electron chi connectivity index (χ2n) is 8.71. The number of hydrogen-bond acceptors (Lipinski definition) is 7. The normalized spacial score (nSPS) is 21.3. The highest BCUT2D eigenvalue weighted by atomic mass is 16.7. The third-order valence-corrected chi connectivity index (χ3v) is 6.09. The van der Waals surface area contributed by atoms with Gasteiger partial charge in [0.1, 0.15) is 25.3 Å². The van der Waals surface area contributed by atoms with Crippen LogP contribution in [-0.4, -0.2) is 54.8 Å². The molecular formula is C24H25N3O7. The quantitative estimate of drug-likeness (QED) is 0.624. The van der Waals surface area contributed by atoms with Crippen LogP contribution in [0.1, 0.15) is 31.0 Å². The first-order valence-electron chi connectivity index (χ1n) is 11.0. The summed E-state index contributed by atoms with van der Waals surface area (Å²) in [7, 11) is 0. The first kappa shape index (κ1) is 21.9. The minimum Gasteiger partial charge on any atom is -0.486 e. The number of urea groups is 1. The number of ether oxygens (including phenoxy) is 4. The van der Waals surface area contributed by atoms with Crippen molar-refractivity contribution in [2.24, 2.45) is 0 Å². The molecule has 0 saturated carbocycles. The standard InChI is InChI=1S/C24H25N3O7/c1-14(16-4-6-17-20(10-16)32-8-7-31-17)25-21(28)12-27-22(29)24(2,26-23(27)30)11-15-3-5-18-19(9-15)34-13-33-18/h3-6,9-10,14H,7-8,11-13H2,1-2H3,(H,25,28)(H,26,30). The van der Waals surface area contributed by atoms with Crippen LogP contribution in [0.4, 0.5) is 4.79 Å². The molecule has 0 spiro atoms. The van der Waals surface area contributed by atoms with Crippen LogP contribution in [0.3, 0.4) is 0 Å². The van der Waals surface area contributed by atoms with Crippen LogP contribution in [0.2, 0.25) is 0 Å². The molecule has 2 atom stereocenters. The Morgan fingerprint density at radius 2 is 1.71 bits per heavy atom. The third kappa shape index (κ3) is 4.07. The molecule has 0 aromatic heterocycles. The molecule has 0 radical (unpaired) electrons. The second-order valence-corrected chi connectivity index (χ2v) is 8.71. The second kappa shape index (κ2) is 8.44. The van der Waals surface area contributed by atoms with Gasteiger partial charge in [0.25, 0.3) is 5.91 Å². The molecule has 2 N–H and O–H groups in total. The maximum absolute atomic E-state index is 13.1. The lowest BCUT2D eigenvalue weighted by Gasteiger charge is -2.23. The number of carbonyl (C=O) groups excluding carboxylic acids is 3. The molecule has 178 valence electrons. The van der Waals surface area contributed by atoms with Gasteiger partial charge in [0.05, 0.1) is 6.04 Å². The molecule has 2 aromatic carbocycles. The average molecular weight is 467 g/mol. The lowest BCUT2D eigenvalue weighted by atomic mass is 9.92. The molecule has 34 heavy (non-hydrogen) atoms. The van der Waals surface area contributed by atoms with E-state index in [0.717, 1.165) is 16.0 Å². The topological polar surface area (TPSA) is 115 Å². The zero-order chi connectivity index (χ0) is 23.9. The molecular weight excluding hydrogens is 442 g/mol. The number of amides is 4. The summed E-state index contributed by atoms with van der Waals surface area (Å²) in [5.41, 5.74) is 0.452. The first-order chi connectivity index (χ1) is 16.3. The van der Waals surface area contributed by atoms with Gasteiger partial charge in [-0.25, -0.2) is 4.79 Å². The largest absolute Gasteiger partial charge is 0.486 e. The Morgan fingerprint density at radius 1 is 1.03 bits per heavy atom. The van der Waals surface area contributed by atoms with Gasteiger partial charge >= 0.3 is 6.03 Å². The molecule has 0 bridgehead atoms. The van der Waals surface area contributed by atoms with E-state index in [0.29, 0.717) is 36.2 Å². The van der Waals surface area contributed by atoms with Crippen molar-refractivity contribution in [3.05, 3.63) is 47.5 Å². The molecule has 1 saturated heterocycles. The fourth-order valence-corrected chi connectivity index (χ4v) is 4.31. The maximum Gasteiger partial charge on any atom is 0.325 e. The summed E-state index contributed by atoms with van der Waals surface area (Å²) in [4.78, 5) is 39.3. The molecule has 10 heteroatoms. The number of imide groups is 1. The van der Waals surface area contributed by atoms with Gasteiger partial charge in [-0.05, 0) is 49.2 Å². The van der Waals surface area contributed by atoms with Crippen LogP contribution >= 0.6 is 0 Å². The van der Waals surface area contributed by atoms with Crippen molar-refractivity contribution in [1.82, 2.24) is 15.5 Å². The Kier molecular flexibility index (Phi) is 5.43. The van der Waals surface area contributed by atoms with Crippen molar-refractivity contribution >= 4 is 17.8 Å². The summed E-state index contributed by atoms with van der Waals surface area (Å²) in [6.45, 7) is 4.20. The van der Waals surface area contributed by atoms with Gasteiger partial charge in [-0.15, -0.1) is 0 Å². The van der Waals surface area contributed by atoms with Crippen LogP contribution in [0, 0.1) is 0 Å². The van der Waals surface area contributed by atoms with E-state index in [-0.39, 0.29) is 25.8 Å². The summed E-state index contributed by atoms with van der Waals surface area (Å²) in [5.74, 6) is 1.62. The zero-order valence-electron chi connectivity index (χ0n) is 18.9. The van der Waals surface area contributed by atoms with Crippen molar-refractivity contribution in [2.75, 3.05) is 26.6 Å². The highest BCUT2D eigenvalue weighted by molar-refractivity contribution is 6.09. The smallest absolute Gasteiger partial charge is 0.325 e. The van der Waals surface area contributed by atoms with E-state index in [1.165, 1.54) is 0 Å². The molecule has 0 aliphatic carbocycles. The third-order valence-electron chi connectivity index (χ3n) is 6.09. The van der Waals surface area contributed by atoms with Crippen molar-refractivity contribution in [3.8, 4) is 23.0 Å². The zero-order valence-corrected chi connectivity index (χ0v) is 18.9. The Bertz CT molecular complexity index is 1170. The maximum atomic E-state index is 13.1. The molecule has 4 amide bonds. The van der Waals surface area contributed by atoms with E-state index in [4.69, 9.17) is 18.9 Å². The highest BCUT2D eigenvalue weighted by Crippen LogP contribution is 2.35. The van der Waals surface area contributed by atoms with Gasteiger partial charge in [-0.2, -0.15) is 0 Å². The molecule has 1 fully saturated rings. The van der Waals surface area contributed by atoms with Crippen LogP contribution < -0.4 is 29.6 Å². The molecule has 3 heterocycles. The predicted octanol–water partition coefficient (Wildman–Crippen LogP) is 1.92. The summed E-state index contributed by atoms with van der Waals surface area (Å²) in [5, 5.41) is 5.56. The molecule has 2 aromatic rings. The molecule has 3 aliphatic heterocycles. The van der Waals surface area contributed by atoms with Gasteiger partial charge in [-0.1, -0.05) is 12.1 Å². The van der Waals surface area contributed by atoms with Gasteiger partial charge < -0.3 is 29.6 Å². The fourth-order valence-electron chi connectivity index (χ4n) is 4.31. The Labute approximate surface area is 196 Å². The van der Waals surface area contributed by atoms with E-state index >= 15 is 0 Å². The fraction of sp³-hybridized carbons (Fsp3) is 0.375. The van der Waals surface area contributed by atoms with E-state index in [2.05, 4.69) is 10.6 Å². The van der Waals surface area contributed by atoms with E-state index < -0.39 is 23.4 Å². The van der Waals surface area contributed by atoms with Gasteiger partial charge in [0, 0.05) is 6.42 Å². The van der Waals surface area contributed by atoms with E-state index in [9.17, 15) is 14.4 Å². The van der Waals surface area contributed by atoms with Crippen molar-refractivity contribution in [1.29, 1.82) is 0 Å². The van der Waals surface area contributed by atoms with Gasteiger partial charge in [0.15, 0.2) is 23.0 Å². The number of carbonyl (C=O) groups is 3. The number of hydrogen-bond donors (Lipinski definition) is 2. The number of nitrogens with zero attached hydrogens (tertiary/aromatic N) is 1. The number of nitrogens with one attached hydrogen (secondary N) is 2. The minimum atomic E-state index is -1.17. The predicted molar refractivity (Wildman–Crippen MR) is 119 cm³/mol. The number of fused-ring (bicyclic) bond motifs is 2. The molecule has 5 rings (SSSR count). The summed E-state index contributed by atoms with van der Waals surface area (Å²) in [6.07, 6.45) is 0.250.